The first-order chi connectivity index (χ1) is 7.32. The van der Waals surface area contributed by atoms with Crippen molar-refractivity contribution in [1.82, 2.24) is 4.90 Å². The van der Waals surface area contributed by atoms with E-state index in [-0.39, 0.29) is 42.8 Å². The maximum atomic E-state index is 11.6. The largest absolute Gasteiger partial charge is 0.481 e. The lowest BCUT2D eigenvalue weighted by atomic mass is 10.2. The number of hydrogen-bond donors (Lipinski definition) is 1. The van der Waals surface area contributed by atoms with Crippen molar-refractivity contribution in [3.05, 3.63) is 0 Å². The minimum absolute atomic E-state index is 0.0316. The van der Waals surface area contributed by atoms with Crippen molar-refractivity contribution in [2.45, 2.75) is 25.8 Å². The summed E-state index contributed by atoms with van der Waals surface area (Å²) in [5.74, 6) is -1.38. The van der Waals surface area contributed by atoms with Crippen LogP contribution < -0.4 is 0 Å². The number of carbonyl (C=O) groups is 2. The van der Waals surface area contributed by atoms with Crippen molar-refractivity contribution < 1.29 is 23.1 Å². The monoisotopic (exact) mass is 249 g/mol. The second-order valence-electron chi connectivity index (χ2n) is 3.94. The lowest BCUT2D eigenvalue weighted by Crippen LogP contribution is -2.49. The standard InChI is InChI=1S/C9H15NO5S/c1-7-6-16(14,15)5-4-10(7)8(11)2-3-9(12)13/h7H,2-6H2,1H3,(H,12,13). The minimum atomic E-state index is -3.04. The van der Waals surface area contributed by atoms with Gasteiger partial charge in [0.15, 0.2) is 9.84 Å². The Morgan fingerprint density at radius 2 is 2.00 bits per heavy atom. The Balaban J connectivity index is 2.55. The van der Waals surface area contributed by atoms with Crippen LogP contribution in [0.15, 0.2) is 0 Å². The van der Waals surface area contributed by atoms with Crippen LogP contribution in [0.4, 0.5) is 0 Å². The summed E-state index contributed by atoms with van der Waals surface area (Å²) in [7, 11) is -3.04. The molecule has 1 aliphatic heterocycles. The number of carboxylic acid groups (broad SMARTS) is 1. The minimum Gasteiger partial charge on any atom is -0.481 e. The maximum absolute atomic E-state index is 11.6. The van der Waals surface area contributed by atoms with E-state index < -0.39 is 15.8 Å². The van der Waals surface area contributed by atoms with Crippen LogP contribution in [-0.2, 0) is 19.4 Å². The van der Waals surface area contributed by atoms with Crippen LogP contribution in [0.2, 0.25) is 0 Å². The summed E-state index contributed by atoms with van der Waals surface area (Å²) in [5, 5.41) is 8.44. The molecule has 0 aromatic heterocycles. The van der Waals surface area contributed by atoms with E-state index in [4.69, 9.17) is 5.11 Å². The highest BCUT2D eigenvalue weighted by molar-refractivity contribution is 7.91. The van der Waals surface area contributed by atoms with Crippen LogP contribution >= 0.6 is 0 Å². The first kappa shape index (κ1) is 13.0. The van der Waals surface area contributed by atoms with Crippen molar-refractivity contribution in [2.75, 3.05) is 18.1 Å². The highest BCUT2D eigenvalue weighted by Gasteiger charge is 2.30. The number of carboxylic acids is 1. The molecule has 1 saturated heterocycles. The normalized spacial score (nSPS) is 24.1. The van der Waals surface area contributed by atoms with Crippen LogP contribution in [0.3, 0.4) is 0 Å². The van der Waals surface area contributed by atoms with Gasteiger partial charge in [0.05, 0.1) is 17.9 Å². The first-order valence-corrected chi connectivity index (χ1v) is 6.85. The topological polar surface area (TPSA) is 91.8 Å². The Labute approximate surface area is 94.2 Å². The van der Waals surface area contributed by atoms with E-state index >= 15 is 0 Å². The Morgan fingerprint density at radius 1 is 1.38 bits per heavy atom. The molecule has 1 unspecified atom stereocenters. The van der Waals surface area contributed by atoms with E-state index in [0.29, 0.717) is 0 Å². The molecular formula is C9H15NO5S. The van der Waals surface area contributed by atoms with Crippen molar-refractivity contribution in [2.24, 2.45) is 0 Å². The number of nitrogens with zero attached hydrogens (tertiary/aromatic N) is 1. The number of amides is 1. The van der Waals surface area contributed by atoms with Gasteiger partial charge in [-0.25, -0.2) is 8.42 Å². The summed E-state index contributed by atoms with van der Waals surface area (Å²) >= 11 is 0. The summed E-state index contributed by atoms with van der Waals surface area (Å²) in [6.07, 6.45) is -0.283. The van der Waals surface area contributed by atoms with E-state index in [9.17, 15) is 18.0 Å². The number of sulfone groups is 1. The molecule has 0 aliphatic carbocycles. The fourth-order valence-electron chi connectivity index (χ4n) is 1.73. The van der Waals surface area contributed by atoms with Gasteiger partial charge in [-0.2, -0.15) is 0 Å². The molecule has 1 atom stereocenters. The second kappa shape index (κ2) is 4.82. The average molecular weight is 249 g/mol. The smallest absolute Gasteiger partial charge is 0.303 e. The van der Waals surface area contributed by atoms with Gasteiger partial charge in [0, 0.05) is 19.0 Å². The predicted octanol–water partition coefficient (Wildman–Crippen LogP) is -0.503. The molecule has 1 fully saturated rings. The zero-order chi connectivity index (χ0) is 12.3. The van der Waals surface area contributed by atoms with Gasteiger partial charge in [-0.3, -0.25) is 9.59 Å². The van der Waals surface area contributed by atoms with E-state index in [1.165, 1.54) is 4.90 Å². The number of hydrogen-bond acceptors (Lipinski definition) is 4. The molecule has 0 saturated carbocycles. The zero-order valence-corrected chi connectivity index (χ0v) is 9.87. The molecule has 92 valence electrons. The summed E-state index contributed by atoms with van der Waals surface area (Å²) in [5.41, 5.74) is 0. The third-order valence-corrected chi connectivity index (χ3v) is 4.34. The molecule has 1 amide bonds. The van der Waals surface area contributed by atoms with Crippen molar-refractivity contribution in [3.8, 4) is 0 Å². The maximum Gasteiger partial charge on any atom is 0.303 e. The number of rotatable bonds is 3. The van der Waals surface area contributed by atoms with E-state index in [1.807, 2.05) is 0 Å². The van der Waals surface area contributed by atoms with E-state index in [2.05, 4.69) is 0 Å². The lowest BCUT2D eigenvalue weighted by Gasteiger charge is -2.33. The van der Waals surface area contributed by atoms with Gasteiger partial charge in [0.1, 0.15) is 0 Å². The van der Waals surface area contributed by atoms with Crippen molar-refractivity contribution in [3.63, 3.8) is 0 Å². The fraction of sp³-hybridized carbons (Fsp3) is 0.778. The predicted molar refractivity (Wildman–Crippen MR) is 56.7 cm³/mol. The van der Waals surface area contributed by atoms with Crippen LogP contribution in [0.25, 0.3) is 0 Å². The molecule has 1 N–H and O–H groups in total. The van der Waals surface area contributed by atoms with E-state index in [1.54, 1.807) is 6.92 Å². The zero-order valence-electron chi connectivity index (χ0n) is 9.05. The van der Waals surface area contributed by atoms with Gasteiger partial charge in [0.2, 0.25) is 5.91 Å². The summed E-state index contributed by atoms with van der Waals surface area (Å²) in [4.78, 5) is 23.3. The van der Waals surface area contributed by atoms with Crippen molar-refractivity contribution in [1.29, 1.82) is 0 Å². The molecule has 1 rings (SSSR count). The fourth-order valence-corrected chi connectivity index (χ4v) is 3.28. The van der Waals surface area contributed by atoms with Crippen molar-refractivity contribution >= 4 is 21.7 Å². The van der Waals surface area contributed by atoms with Crippen LogP contribution in [0.5, 0.6) is 0 Å². The summed E-state index contributed by atoms with van der Waals surface area (Å²) in [6, 6.07) is -0.361. The summed E-state index contributed by atoms with van der Waals surface area (Å²) in [6.45, 7) is 1.83. The molecule has 0 aromatic carbocycles. The average Bonchev–Trinajstić information content (AvgIpc) is 2.12. The van der Waals surface area contributed by atoms with Gasteiger partial charge >= 0.3 is 5.97 Å². The van der Waals surface area contributed by atoms with Crippen LogP contribution in [-0.4, -0.2) is 54.4 Å². The van der Waals surface area contributed by atoms with Gasteiger partial charge in [-0.05, 0) is 6.92 Å². The first-order valence-electron chi connectivity index (χ1n) is 5.03. The van der Waals surface area contributed by atoms with Gasteiger partial charge < -0.3 is 10.0 Å². The molecule has 0 spiro atoms. The van der Waals surface area contributed by atoms with Gasteiger partial charge in [-0.1, -0.05) is 0 Å². The Morgan fingerprint density at radius 3 is 2.50 bits per heavy atom. The third kappa shape index (κ3) is 3.48. The van der Waals surface area contributed by atoms with Gasteiger partial charge in [-0.15, -0.1) is 0 Å². The van der Waals surface area contributed by atoms with Crippen LogP contribution in [0, 0.1) is 0 Å². The number of carbonyl (C=O) groups excluding carboxylic acids is 1. The molecule has 16 heavy (non-hydrogen) atoms. The van der Waals surface area contributed by atoms with E-state index in [0.717, 1.165) is 0 Å². The number of aliphatic carboxylic acids is 1. The highest BCUT2D eigenvalue weighted by atomic mass is 32.2. The lowest BCUT2D eigenvalue weighted by molar-refractivity contribution is -0.141. The SMILES string of the molecule is CC1CS(=O)(=O)CCN1C(=O)CCC(=O)O. The Kier molecular flexibility index (Phi) is 3.90. The molecule has 0 bridgehead atoms. The Bertz CT molecular complexity index is 389. The Hall–Kier alpha value is -1.11. The molecule has 6 nitrogen and oxygen atoms in total. The summed E-state index contributed by atoms with van der Waals surface area (Å²) < 4.78 is 22.5. The quantitative estimate of drug-likeness (QED) is 0.727. The molecular weight excluding hydrogens is 234 g/mol. The second-order valence-corrected chi connectivity index (χ2v) is 6.17. The molecule has 0 aromatic rings. The molecule has 1 heterocycles. The highest BCUT2D eigenvalue weighted by Crippen LogP contribution is 2.13. The van der Waals surface area contributed by atoms with Crippen LogP contribution in [0.1, 0.15) is 19.8 Å². The third-order valence-electron chi connectivity index (χ3n) is 2.54. The molecule has 7 heteroatoms. The molecule has 1 aliphatic rings. The molecule has 0 radical (unpaired) electrons. The van der Waals surface area contributed by atoms with Gasteiger partial charge in [0.25, 0.3) is 0 Å².